The summed E-state index contributed by atoms with van der Waals surface area (Å²) in [5.41, 5.74) is 0. The normalized spacial score (nSPS) is 10.4. The summed E-state index contributed by atoms with van der Waals surface area (Å²) in [7, 11) is 0. The van der Waals surface area contributed by atoms with E-state index in [1.54, 1.807) is 0 Å². The van der Waals surface area contributed by atoms with Crippen molar-refractivity contribution in [3.05, 3.63) is 0 Å². The first-order valence-electron chi connectivity index (χ1n) is 8.91. The van der Waals surface area contributed by atoms with Gasteiger partial charge in [-0.1, -0.05) is 117 Å². The summed E-state index contributed by atoms with van der Waals surface area (Å²) < 4.78 is 0. The molecule has 0 bridgehead atoms. The fourth-order valence-electron chi connectivity index (χ4n) is 2.62. The first-order chi connectivity index (χ1) is 8.91. The van der Waals surface area contributed by atoms with E-state index >= 15 is 0 Å². The van der Waals surface area contributed by atoms with E-state index in [-0.39, 0.29) is 29.6 Å². The summed E-state index contributed by atoms with van der Waals surface area (Å²) in [6, 6.07) is 0. The third kappa shape index (κ3) is 21.4. The van der Waals surface area contributed by atoms with Gasteiger partial charge in [-0.2, -0.15) is 0 Å². The third-order valence-electron chi connectivity index (χ3n) is 3.96. The molecule has 0 aliphatic rings. The van der Waals surface area contributed by atoms with E-state index in [4.69, 9.17) is 0 Å². The van der Waals surface area contributed by atoms with Crippen LogP contribution in [0.1, 0.15) is 117 Å². The molecule has 0 aromatic rings. The van der Waals surface area contributed by atoms with Gasteiger partial charge in [0.2, 0.25) is 0 Å². The zero-order valence-electron chi connectivity index (χ0n) is 13.3. The van der Waals surface area contributed by atoms with E-state index in [1.165, 1.54) is 103 Å². The predicted molar refractivity (Wildman–Crippen MR) is 92.4 cm³/mol. The van der Waals surface area contributed by atoms with Crippen LogP contribution in [0.2, 0.25) is 0 Å². The number of rotatable bonds is 15. The number of hydrogen-bond donors (Lipinski definition) is 0. The number of hydrogen-bond acceptors (Lipinski definition) is 0. The summed E-state index contributed by atoms with van der Waals surface area (Å²) in [4.78, 5) is 0. The van der Waals surface area contributed by atoms with Crippen LogP contribution in [0, 0.1) is 0 Å². The van der Waals surface area contributed by atoms with Crippen LogP contribution in [-0.4, -0.2) is 29.6 Å². The Morgan fingerprint density at radius 3 is 0.632 bits per heavy atom. The maximum absolute atomic E-state index is 2.29. The van der Waals surface area contributed by atoms with Crippen molar-refractivity contribution in [3.8, 4) is 0 Å². The molecule has 0 heterocycles. The van der Waals surface area contributed by atoms with Gasteiger partial charge in [-0.3, -0.25) is 0 Å². The van der Waals surface area contributed by atoms with Crippen LogP contribution in [0.4, 0.5) is 0 Å². The minimum atomic E-state index is 0. The Kier molecular flexibility index (Phi) is 25.0. The second-order valence-electron chi connectivity index (χ2n) is 5.95. The Labute approximate surface area is 145 Å². The summed E-state index contributed by atoms with van der Waals surface area (Å²) in [5.74, 6) is 0. The molecule has 0 rings (SSSR count). The predicted octanol–water partition coefficient (Wildman–Crippen LogP) is 6.62. The molecule has 0 aliphatic heterocycles. The second kappa shape index (κ2) is 21.3. The van der Waals surface area contributed by atoms with E-state index in [9.17, 15) is 0 Å². The Balaban J connectivity index is 0. The van der Waals surface area contributed by atoms with Gasteiger partial charge in [0.1, 0.15) is 0 Å². The molecule has 0 unspecified atom stereocenters. The molecule has 0 nitrogen and oxygen atoms in total. The molecule has 1 heteroatoms. The summed E-state index contributed by atoms with van der Waals surface area (Å²) in [6.45, 7) is 4.59. The first kappa shape index (κ1) is 22.3. The van der Waals surface area contributed by atoms with Crippen LogP contribution in [0.25, 0.3) is 0 Å². The Morgan fingerprint density at radius 1 is 0.316 bits per heavy atom. The van der Waals surface area contributed by atoms with Gasteiger partial charge in [0.15, 0.2) is 0 Å². The molecule has 112 valence electrons. The minimum absolute atomic E-state index is 0. The molecular formula is C18H39Na. The molecule has 0 atom stereocenters. The van der Waals surface area contributed by atoms with E-state index in [0.717, 1.165) is 0 Å². The van der Waals surface area contributed by atoms with Gasteiger partial charge in [-0.25, -0.2) is 0 Å². The van der Waals surface area contributed by atoms with Crippen molar-refractivity contribution < 1.29 is 0 Å². The first-order valence-corrected chi connectivity index (χ1v) is 8.91. The molecule has 19 heavy (non-hydrogen) atoms. The Morgan fingerprint density at radius 2 is 0.474 bits per heavy atom. The van der Waals surface area contributed by atoms with E-state index in [1.807, 2.05) is 0 Å². The van der Waals surface area contributed by atoms with Crippen LogP contribution in [0.15, 0.2) is 0 Å². The van der Waals surface area contributed by atoms with Gasteiger partial charge in [-0.15, -0.1) is 0 Å². The molecule has 0 N–H and O–H groups in total. The Hall–Kier alpha value is 1.00. The third-order valence-corrected chi connectivity index (χ3v) is 3.96. The van der Waals surface area contributed by atoms with Crippen molar-refractivity contribution in [2.75, 3.05) is 0 Å². The van der Waals surface area contributed by atoms with Crippen molar-refractivity contribution in [2.24, 2.45) is 0 Å². The topological polar surface area (TPSA) is 0 Å². The fourth-order valence-corrected chi connectivity index (χ4v) is 2.62. The van der Waals surface area contributed by atoms with E-state index < -0.39 is 0 Å². The van der Waals surface area contributed by atoms with Gasteiger partial charge in [-0.05, 0) is 0 Å². The molecule has 0 aliphatic carbocycles. The van der Waals surface area contributed by atoms with Crippen LogP contribution in [0.3, 0.4) is 0 Å². The van der Waals surface area contributed by atoms with Crippen LogP contribution < -0.4 is 0 Å². The standard InChI is InChI=1S/C18H38.Na.H/c1-3-5-7-9-11-13-15-17-18-16-14-12-10-8-6-4-2;;/h3-18H2,1-2H3;;. The average molecular weight is 278 g/mol. The van der Waals surface area contributed by atoms with Crippen molar-refractivity contribution in [2.45, 2.75) is 117 Å². The van der Waals surface area contributed by atoms with Gasteiger partial charge in [0.25, 0.3) is 0 Å². The number of unbranched alkanes of at least 4 members (excludes halogenated alkanes) is 15. The van der Waals surface area contributed by atoms with E-state index in [2.05, 4.69) is 13.8 Å². The SMILES string of the molecule is CCCCCCCCCCCCCCCCCC.[NaH]. The molecule has 0 radical (unpaired) electrons. The molecule has 0 saturated heterocycles. The second-order valence-corrected chi connectivity index (χ2v) is 5.95. The van der Waals surface area contributed by atoms with E-state index in [0.29, 0.717) is 0 Å². The fraction of sp³-hybridized carbons (Fsp3) is 1.00. The molecule has 0 aromatic heterocycles. The van der Waals surface area contributed by atoms with Gasteiger partial charge in [0.05, 0.1) is 0 Å². The van der Waals surface area contributed by atoms with Gasteiger partial charge in [0, 0.05) is 0 Å². The maximum atomic E-state index is 2.29. The molecule has 0 aromatic carbocycles. The van der Waals surface area contributed by atoms with Crippen molar-refractivity contribution in [3.63, 3.8) is 0 Å². The quantitative estimate of drug-likeness (QED) is 0.233. The molecule has 0 spiro atoms. The summed E-state index contributed by atoms with van der Waals surface area (Å²) in [5, 5.41) is 0. The van der Waals surface area contributed by atoms with Gasteiger partial charge < -0.3 is 0 Å². The van der Waals surface area contributed by atoms with Crippen molar-refractivity contribution in [1.29, 1.82) is 0 Å². The van der Waals surface area contributed by atoms with Crippen LogP contribution in [-0.2, 0) is 0 Å². The zero-order chi connectivity index (χ0) is 13.3. The van der Waals surface area contributed by atoms with Crippen molar-refractivity contribution in [1.82, 2.24) is 0 Å². The monoisotopic (exact) mass is 278 g/mol. The van der Waals surface area contributed by atoms with Gasteiger partial charge >= 0.3 is 29.6 Å². The van der Waals surface area contributed by atoms with Crippen molar-refractivity contribution >= 4 is 29.6 Å². The average Bonchev–Trinajstić information content (AvgIpc) is 2.39. The molecule has 0 fully saturated rings. The Bertz CT molecular complexity index is 118. The molecule has 0 saturated carbocycles. The molecular weight excluding hydrogens is 239 g/mol. The zero-order valence-corrected chi connectivity index (χ0v) is 13.3. The summed E-state index contributed by atoms with van der Waals surface area (Å²) >= 11 is 0. The summed E-state index contributed by atoms with van der Waals surface area (Å²) in [6.07, 6.45) is 23.4. The van der Waals surface area contributed by atoms with Crippen LogP contribution >= 0.6 is 0 Å². The molecule has 0 amide bonds. The van der Waals surface area contributed by atoms with Crippen LogP contribution in [0.5, 0.6) is 0 Å².